The van der Waals surface area contributed by atoms with E-state index in [0.29, 0.717) is 22.6 Å². The van der Waals surface area contributed by atoms with E-state index in [-0.39, 0.29) is 12.4 Å². The number of pyridine rings is 1. The van der Waals surface area contributed by atoms with Gasteiger partial charge in [0, 0.05) is 10.8 Å². The number of carbonyl (C=O) groups excluding carboxylic acids is 1. The lowest BCUT2D eigenvalue weighted by Crippen LogP contribution is -2.07. The summed E-state index contributed by atoms with van der Waals surface area (Å²) in [7, 11) is 0. The van der Waals surface area contributed by atoms with Crippen molar-refractivity contribution < 1.29 is 9.53 Å². The van der Waals surface area contributed by atoms with Crippen LogP contribution in [-0.2, 0) is 16.0 Å². The van der Waals surface area contributed by atoms with Crippen molar-refractivity contribution >= 4 is 51.2 Å². The molecule has 0 fully saturated rings. The zero-order chi connectivity index (χ0) is 17.6. The molecule has 0 unspecified atom stereocenters. The predicted molar refractivity (Wildman–Crippen MR) is 100 cm³/mol. The lowest BCUT2D eigenvalue weighted by Gasteiger charge is -2.00. The Morgan fingerprint density at radius 2 is 2.24 bits per heavy atom. The molecule has 1 N–H and O–H groups in total. The molecule has 0 saturated carbocycles. The van der Waals surface area contributed by atoms with Crippen LogP contribution in [0.1, 0.15) is 18.2 Å². The molecule has 2 heterocycles. The molecule has 6 nitrogen and oxygen atoms in total. The fourth-order valence-electron chi connectivity index (χ4n) is 2.16. The van der Waals surface area contributed by atoms with E-state index < -0.39 is 0 Å². The van der Waals surface area contributed by atoms with Crippen molar-refractivity contribution in [2.24, 2.45) is 5.10 Å². The highest BCUT2D eigenvalue weighted by molar-refractivity contribution is 7.13. The standard InChI is InChI=1S/C17H15ClN4O2S/c1-2-24-16(23)8-13-10-25-17(20-13)22-19-9-11-3-5-14-12(7-11)4-6-15(18)21-14/h3-7,9-10H,2,8H2,1H3,(H,20,22). The molecule has 3 rings (SSSR count). The number of nitrogens with one attached hydrogen (secondary N) is 1. The largest absolute Gasteiger partial charge is 0.466 e. The van der Waals surface area contributed by atoms with Gasteiger partial charge in [0.1, 0.15) is 5.15 Å². The first kappa shape index (κ1) is 17.3. The average molecular weight is 375 g/mol. The van der Waals surface area contributed by atoms with E-state index in [9.17, 15) is 4.79 Å². The number of aromatic nitrogens is 2. The number of fused-ring (bicyclic) bond motifs is 1. The van der Waals surface area contributed by atoms with Crippen LogP contribution in [0.3, 0.4) is 0 Å². The maximum atomic E-state index is 11.4. The highest BCUT2D eigenvalue weighted by Gasteiger charge is 2.07. The second-order valence-electron chi connectivity index (χ2n) is 5.08. The third-order valence-corrected chi connectivity index (χ3v) is 4.24. The monoisotopic (exact) mass is 374 g/mol. The summed E-state index contributed by atoms with van der Waals surface area (Å²) in [5.41, 5.74) is 5.28. The van der Waals surface area contributed by atoms with E-state index >= 15 is 0 Å². The zero-order valence-electron chi connectivity index (χ0n) is 13.4. The minimum atomic E-state index is -0.285. The van der Waals surface area contributed by atoms with Crippen LogP contribution in [0.2, 0.25) is 5.15 Å². The molecule has 0 radical (unpaired) electrons. The molecule has 25 heavy (non-hydrogen) atoms. The van der Waals surface area contributed by atoms with Crippen molar-refractivity contribution in [2.45, 2.75) is 13.3 Å². The van der Waals surface area contributed by atoms with Crippen molar-refractivity contribution in [1.29, 1.82) is 0 Å². The van der Waals surface area contributed by atoms with Gasteiger partial charge in [0.25, 0.3) is 0 Å². The first-order valence-electron chi connectivity index (χ1n) is 7.59. The molecule has 0 spiro atoms. The molecular formula is C17H15ClN4O2S. The number of rotatable bonds is 6. The summed E-state index contributed by atoms with van der Waals surface area (Å²) in [4.78, 5) is 20.0. The molecule has 8 heteroatoms. The highest BCUT2D eigenvalue weighted by Crippen LogP contribution is 2.18. The Morgan fingerprint density at radius 3 is 3.08 bits per heavy atom. The molecule has 0 aliphatic rings. The summed E-state index contributed by atoms with van der Waals surface area (Å²) in [5.74, 6) is -0.285. The van der Waals surface area contributed by atoms with Crippen LogP contribution in [0.4, 0.5) is 5.13 Å². The Kier molecular flexibility index (Phi) is 5.57. The van der Waals surface area contributed by atoms with Gasteiger partial charge in [-0.2, -0.15) is 5.10 Å². The van der Waals surface area contributed by atoms with E-state index in [1.54, 1.807) is 24.6 Å². The molecule has 0 aliphatic heterocycles. The number of halogens is 1. The van der Waals surface area contributed by atoms with Gasteiger partial charge in [-0.3, -0.25) is 10.2 Å². The van der Waals surface area contributed by atoms with Crippen LogP contribution in [0.15, 0.2) is 40.8 Å². The minimum absolute atomic E-state index is 0.163. The summed E-state index contributed by atoms with van der Waals surface area (Å²) in [6.07, 6.45) is 1.86. The third kappa shape index (κ3) is 4.74. The van der Waals surface area contributed by atoms with E-state index in [0.717, 1.165) is 16.5 Å². The number of carbonyl (C=O) groups is 1. The van der Waals surface area contributed by atoms with Crippen molar-refractivity contribution in [1.82, 2.24) is 9.97 Å². The van der Waals surface area contributed by atoms with Gasteiger partial charge in [-0.25, -0.2) is 9.97 Å². The maximum Gasteiger partial charge on any atom is 0.311 e. The number of hydrazone groups is 1. The van der Waals surface area contributed by atoms with Crippen LogP contribution >= 0.6 is 22.9 Å². The van der Waals surface area contributed by atoms with Crippen molar-refractivity contribution in [3.8, 4) is 0 Å². The molecule has 0 bridgehead atoms. The highest BCUT2D eigenvalue weighted by atomic mass is 35.5. The fraction of sp³-hybridized carbons (Fsp3) is 0.176. The number of thiazole rings is 1. The number of benzene rings is 1. The zero-order valence-corrected chi connectivity index (χ0v) is 15.0. The molecule has 2 aromatic heterocycles. The Labute approximate surface area is 153 Å². The van der Waals surface area contributed by atoms with Crippen LogP contribution in [-0.4, -0.2) is 28.8 Å². The fourth-order valence-corrected chi connectivity index (χ4v) is 2.97. The number of anilines is 1. The van der Waals surface area contributed by atoms with Gasteiger partial charge >= 0.3 is 5.97 Å². The molecule has 0 atom stereocenters. The van der Waals surface area contributed by atoms with E-state index in [1.165, 1.54) is 11.3 Å². The summed E-state index contributed by atoms with van der Waals surface area (Å²) < 4.78 is 4.90. The smallest absolute Gasteiger partial charge is 0.311 e. The predicted octanol–water partition coefficient (Wildman–Crippen LogP) is 3.90. The quantitative estimate of drug-likeness (QED) is 0.306. The number of nitrogens with zero attached hydrogens (tertiary/aromatic N) is 3. The third-order valence-electron chi connectivity index (χ3n) is 3.24. The van der Waals surface area contributed by atoms with Gasteiger partial charge in [-0.1, -0.05) is 17.7 Å². The topological polar surface area (TPSA) is 76.5 Å². The maximum absolute atomic E-state index is 11.4. The second kappa shape index (κ2) is 8.04. The molecular weight excluding hydrogens is 360 g/mol. The van der Waals surface area contributed by atoms with Crippen molar-refractivity contribution in [3.63, 3.8) is 0 Å². The first-order chi connectivity index (χ1) is 12.1. The van der Waals surface area contributed by atoms with Crippen molar-refractivity contribution in [3.05, 3.63) is 52.1 Å². The average Bonchev–Trinajstić information content (AvgIpc) is 3.02. The normalized spacial score (nSPS) is 11.1. The van der Waals surface area contributed by atoms with Crippen LogP contribution in [0, 0.1) is 0 Å². The van der Waals surface area contributed by atoms with Crippen molar-refractivity contribution in [2.75, 3.05) is 12.0 Å². The van der Waals surface area contributed by atoms with Gasteiger partial charge in [0.15, 0.2) is 0 Å². The number of hydrogen-bond donors (Lipinski definition) is 1. The molecule has 0 amide bonds. The molecule has 1 aromatic carbocycles. The Balaban J connectivity index is 1.62. The lowest BCUT2D eigenvalue weighted by atomic mass is 10.1. The molecule has 3 aromatic rings. The Bertz CT molecular complexity index is 926. The van der Waals surface area contributed by atoms with E-state index in [1.807, 2.05) is 24.3 Å². The Morgan fingerprint density at radius 1 is 1.36 bits per heavy atom. The van der Waals surface area contributed by atoms with Gasteiger partial charge in [0.05, 0.1) is 30.5 Å². The molecule has 128 valence electrons. The first-order valence-corrected chi connectivity index (χ1v) is 8.85. The van der Waals surface area contributed by atoms with Crippen LogP contribution in [0.25, 0.3) is 10.9 Å². The summed E-state index contributed by atoms with van der Waals surface area (Å²) in [5, 5.41) is 8.05. The van der Waals surface area contributed by atoms with Gasteiger partial charge in [-0.05, 0) is 36.8 Å². The van der Waals surface area contributed by atoms with E-state index in [4.69, 9.17) is 16.3 Å². The van der Waals surface area contributed by atoms with Gasteiger partial charge in [0.2, 0.25) is 5.13 Å². The minimum Gasteiger partial charge on any atom is -0.466 e. The molecule has 0 aliphatic carbocycles. The summed E-state index contributed by atoms with van der Waals surface area (Å²) in [6.45, 7) is 2.14. The van der Waals surface area contributed by atoms with Gasteiger partial charge in [-0.15, -0.1) is 11.3 Å². The summed E-state index contributed by atoms with van der Waals surface area (Å²) >= 11 is 7.26. The SMILES string of the molecule is CCOC(=O)Cc1csc(NN=Cc2ccc3nc(Cl)ccc3c2)n1. The Hall–Kier alpha value is -2.51. The van der Waals surface area contributed by atoms with Crippen LogP contribution in [0.5, 0.6) is 0 Å². The second-order valence-corrected chi connectivity index (χ2v) is 6.33. The lowest BCUT2D eigenvalue weighted by molar-refractivity contribution is -0.142. The van der Waals surface area contributed by atoms with E-state index in [2.05, 4.69) is 20.5 Å². The van der Waals surface area contributed by atoms with Gasteiger partial charge < -0.3 is 4.74 Å². The number of hydrogen-bond acceptors (Lipinski definition) is 7. The number of esters is 1. The molecule has 0 saturated heterocycles. The number of ether oxygens (including phenoxy) is 1. The van der Waals surface area contributed by atoms with Crippen LogP contribution < -0.4 is 5.43 Å². The summed E-state index contributed by atoms with van der Waals surface area (Å²) in [6, 6.07) is 9.44.